The molecule has 0 spiro atoms. The maximum absolute atomic E-state index is 10.5. The van der Waals surface area contributed by atoms with Gasteiger partial charge in [0.05, 0.1) is 19.3 Å². The molecule has 1 aromatic rings. The number of aliphatic hydroxyl groups is 1. The number of rotatable bonds is 5. The predicted molar refractivity (Wildman–Crippen MR) is 83.4 cm³/mol. The molecule has 0 amide bonds. The lowest BCUT2D eigenvalue weighted by molar-refractivity contribution is -0.0709. The van der Waals surface area contributed by atoms with E-state index in [9.17, 15) is 5.11 Å². The fourth-order valence-corrected chi connectivity index (χ4v) is 4.03. The summed E-state index contributed by atoms with van der Waals surface area (Å²) in [4.78, 5) is 3.55. The van der Waals surface area contributed by atoms with Gasteiger partial charge in [-0.05, 0) is 37.3 Å². The first-order chi connectivity index (χ1) is 10.3. The van der Waals surface area contributed by atoms with E-state index in [0.717, 1.165) is 30.8 Å². The fourth-order valence-electron chi connectivity index (χ4n) is 3.30. The van der Waals surface area contributed by atoms with Crippen LogP contribution >= 0.6 is 11.3 Å². The maximum atomic E-state index is 10.5. The molecule has 0 saturated carbocycles. The van der Waals surface area contributed by atoms with Crippen LogP contribution in [0.1, 0.15) is 43.1 Å². The molecule has 21 heavy (non-hydrogen) atoms. The van der Waals surface area contributed by atoms with Crippen molar-refractivity contribution in [2.75, 3.05) is 26.3 Å². The Morgan fingerprint density at radius 2 is 2.14 bits per heavy atom. The minimum Gasteiger partial charge on any atom is -0.388 e. The molecule has 3 rings (SSSR count). The lowest BCUT2D eigenvalue weighted by Gasteiger charge is -2.32. The molecule has 0 radical (unpaired) electrons. The summed E-state index contributed by atoms with van der Waals surface area (Å²) in [7, 11) is 0. The third-order valence-electron chi connectivity index (χ3n) is 4.44. The molecule has 2 aliphatic rings. The van der Waals surface area contributed by atoms with Crippen LogP contribution in [-0.4, -0.2) is 48.6 Å². The van der Waals surface area contributed by atoms with Crippen molar-refractivity contribution in [1.29, 1.82) is 0 Å². The largest absolute Gasteiger partial charge is 0.388 e. The van der Waals surface area contributed by atoms with Gasteiger partial charge in [0, 0.05) is 17.5 Å². The molecular weight excluding hydrogens is 286 g/mol. The Hall–Kier alpha value is -0.460. The van der Waals surface area contributed by atoms with Crippen molar-refractivity contribution in [3.63, 3.8) is 0 Å². The van der Waals surface area contributed by atoms with Crippen molar-refractivity contribution in [3.8, 4) is 0 Å². The number of likely N-dealkylation sites (tertiary alicyclic amines) is 1. The first-order valence-corrected chi connectivity index (χ1v) is 8.89. The molecular formula is C16H25NO3S. The first kappa shape index (κ1) is 15.4. The zero-order chi connectivity index (χ0) is 14.5. The summed E-state index contributed by atoms with van der Waals surface area (Å²) < 4.78 is 11.2. The molecule has 5 heteroatoms. The average Bonchev–Trinajstić information content (AvgIpc) is 3.14. The minimum atomic E-state index is -0.346. The van der Waals surface area contributed by atoms with Gasteiger partial charge in [-0.1, -0.05) is 18.9 Å². The molecule has 4 nitrogen and oxygen atoms in total. The van der Waals surface area contributed by atoms with Crippen molar-refractivity contribution in [1.82, 2.24) is 4.90 Å². The van der Waals surface area contributed by atoms with Crippen LogP contribution in [0, 0.1) is 0 Å². The fraction of sp³-hybridized carbons (Fsp3) is 0.750. The number of hydrogen-bond acceptors (Lipinski definition) is 5. The second-order valence-electron chi connectivity index (χ2n) is 5.94. The SMILES string of the molecule is O[C@H](C[C@H]1CCCCCN1CC1OCCO1)c1cccs1. The molecule has 2 fully saturated rings. The third kappa shape index (κ3) is 4.27. The standard InChI is InChI=1S/C16H25NO3S/c18-14(15-6-4-10-21-15)11-13-5-2-1-3-7-17(13)12-16-19-8-9-20-16/h4,6,10,13-14,16,18H,1-3,5,7-9,11-12H2/t13-,14-/m1/s1. The Balaban J connectivity index is 1.60. The van der Waals surface area contributed by atoms with Gasteiger partial charge in [0.1, 0.15) is 0 Å². The van der Waals surface area contributed by atoms with Crippen molar-refractivity contribution in [3.05, 3.63) is 22.4 Å². The first-order valence-electron chi connectivity index (χ1n) is 8.01. The van der Waals surface area contributed by atoms with E-state index < -0.39 is 0 Å². The Bertz CT molecular complexity index is 406. The maximum Gasteiger partial charge on any atom is 0.170 e. The summed E-state index contributed by atoms with van der Waals surface area (Å²) in [6.07, 6.45) is 5.32. The number of thiophene rings is 1. The lowest BCUT2D eigenvalue weighted by Crippen LogP contribution is -2.41. The molecule has 3 heterocycles. The van der Waals surface area contributed by atoms with E-state index in [1.807, 2.05) is 17.5 Å². The lowest BCUT2D eigenvalue weighted by atomic mass is 10.0. The van der Waals surface area contributed by atoms with E-state index in [-0.39, 0.29) is 12.4 Å². The molecule has 0 unspecified atom stereocenters. The summed E-state index contributed by atoms with van der Waals surface area (Å²) in [6, 6.07) is 4.46. The van der Waals surface area contributed by atoms with Gasteiger partial charge in [0.2, 0.25) is 0 Å². The average molecular weight is 311 g/mol. The van der Waals surface area contributed by atoms with E-state index >= 15 is 0 Å². The normalized spacial score (nSPS) is 26.8. The quantitative estimate of drug-likeness (QED) is 0.908. The summed E-state index contributed by atoms with van der Waals surface area (Å²) in [5, 5.41) is 12.5. The van der Waals surface area contributed by atoms with Gasteiger partial charge >= 0.3 is 0 Å². The van der Waals surface area contributed by atoms with E-state index in [4.69, 9.17) is 9.47 Å². The van der Waals surface area contributed by atoms with E-state index in [1.165, 1.54) is 19.3 Å². The van der Waals surface area contributed by atoms with Crippen LogP contribution in [0.15, 0.2) is 17.5 Å². The topological polar surface area (TPSA) is 41.9 Å². The van der Waals surface area contributed by atoms with Gasteiger partial charge in [-0.25, -0.2) is 0 Å². The van der Waals surface area contributed by atoms with Crippen LogP contribution in [-0.2, 0) is 9.47 Å². The van der Waals surface area contributed by atoms with Crippen LogP contribution in [0.5, 0.6) is 0 Å². The smallest absolute Gasteiger partial charge is 0.170 e. The van der Waals surface area contributed by atoms with Crippen LogP contribution in [0.3, 0.4) is 0 Å². The highest BCUT2D eigenvalue weighted by molar-refractivity contribution is 7.10. The van der Waals surface area contributed by atoms with Gasteiger partial charge in [-0.15, -0.1) is 11.3 Å². The molecule has 0 aromatic carbocycles. The zero-order valence-electron chi connectivity index (χ0n) is 12.4. The van der Waals surface area contributed by atoms with Crippen LogP contribution in [0.25, 0.3) is 0 Å². The van der Waals surface area contributed by atoms with Gasteiger partial charge in [0.25, 0.3) is 0 Å². The summed E-state index contributed by atoms with van der Waals surface area (Å²) >= 11 is 1.64. The second-order valence-corrected chi connectivity index (χ2v) is 6.92. The number of hydrogen-bond donors (Lipinski definition) is 1. The van der Waals surface area contributed by atoms with Gasteiger partial charge < -0.3 is 14.6 Å². The van der Waals surface area contributed by atoms with Crippen molar-refractivity contribution in [2.45, 2.75) is 50.5 Å². The molecule has 2 saturated heterocycles. The molecule has 2 atom stereocenters. The Labute approximate surface area is 130 Å². The molecule has 2 aliphatic heterocycles. The van der Waals surface area contributed by atoms with Gasteiger partial charge in [-0.3, -0.25) is 4.90 Å². The van der Waals surface area contributed by atoms with Crippen LogP contribution < -0.4 is 0 Å². The van der Waals surface area contributed by atoms with E-state index in [2.05, 4.69) is 4.90 Å². The number of aliphatic hydroxyl groups excluding tert-OH is 1. The highest BCUT2D eigenvalue weighted by Gasteiger charge is 2.28. The van der Waals surface area contributed by atoms with Crippen molar-refractivity contribution >= 4 is 11.3 Å². The van der Waals surface area contributed by atoms with Gasteiger partial charge in [-0.2, -0.15) is 0 Å². The number of nitrogens with zero attached hydrogens (tertiary/aromatic N) is 1. The highest BCUT2D eigenvalue weighted by atomic mass is 32.1. The molecule has 0 aliphatic carbocycles. The van der Waals surface area contributed by atoms with E-state index in [1.54, 1.807) is 11.3 Å². The highest BCUT2D eigenvalue weighted by Crippen LogP contribution is 2.29. The Morgan fingerprint density at radius 1 is 1.29 bits per heavy atom. The second kappa shape index (κ2) is 7.70. The van der Waals surface area contributed by atoms with Crippen LogP contribution in [0.2, 0.25) is 0 Å². The van der Waals surface area contributed by atoms with Crippen molar-refractivity contribution in [2.24, 2.45) is 0 Å². The molecule has 1 aromatic heterocycles. The van der Waals surface area contributed by atoms with Gasteiger partial charge in [0.15, 0.2) is 6.29 Å². The Morgan fingerprint density at radius 3 is 2.90 bits per heavy atom. The monoisotopic (exact) mass is 311 g/mol. The minimum absolute atomic E-state index is 0.0792. The summed E-state index contributed by atoms with van der Waals surface area (Å²) in [5.41, 5.74) is 0. The molecule has 118 valence electrons. The zero-order valence-corrected chi connectivity index (χ0v) is 13.3. The van der Waals surface area contributed by atoms with Crippen molar-refractivity contribution < 1.29 is 14.6 Å². The van der Waals surface area contributed by atoms with Crippen LogP contribution in [0.4, 0.5) is 0 Å². The Kier molecular flexibility index (Phi) is 5.66. The number of ether oxygens (including phenoxy) is 2. The predicted octanol–water partition coefficient (Wildman–Crippen LogP) is 2.79. The third-order valence-corrected chi connectivity index (χ3v) is 5.41. The summed E-state index contributed by atoms with van der Waals surface area (Å²) in [5.74, 6) is 0. The van der Waals surface area contributed by atoms with E-state index in [0.29, 0.717) is 19.3 Å². The summed E-state index contributed by atoms with van der Waals surface area (Å²) in [6.45, 7) is 3.34. The molecule has 1 N–H and O–H groups in total. The molecule has 0 bridgehead atoms.